The van der Waals surface area contributed by atoms with Gasteiger partial charge in [-0.1, -0.05) is 24.8 Å². The summed E-state index contributed by atoms with van der Waals surface area (Å²) in [6.45, 7) is 11.6. The summed E-state index contributed by atoms with van der Waals surface area (Å²) >= 11 is 0. The third-order valence-electron chi connectivity index (χ3n) is 2.35. The number of allylic oxidation sites excluding steroid dienone is 4. The molecule has 0 aromatic rings. The van der Waals surface area contributed by atoms with Crippen LogP contribution in [0, 0.1) is 0 Å². The molecule has 0 amide bonds. The fourth-order valence-electron chi connectivity index (χ4n) is 1.62. The Labute approximate surface area is 80.5 Å². The van der Waals surface area contributed by atoms with Gasteiger partial charge in [0, 0.05) is 13.1 Å². The molecule has 0 aromatic carbocycles. The summed E-state index contributed by atoms with van der Waals surface area (Å²) in [5, 5.41) is 3.34. The standard InChI is InChI=1S/C12H17N/c1-4-7-10(5-2)12-9-13-8-11(12)6-3/h4-6,13H,1-2,7-9H2,3H3/b11-6-,12-10+. The van der Waals surface area contributed by atoms with Gasteiger partial charge in [-0.25, -0.2) is 0 Å². The zero-order chi connectivity index (χ0) is 9.68. The van der Waals surface area contributed by atoms with Crippen molar-refractivity contribution < 1.29 is 0 Å². The van der Waals surface area contributed by atoms with E-state index in [1.807, 2.05) is 12.2 Å². The highest BCUT2D eigenvalue weighted by molar-refractivity contribution is 5.44. The Bertz CT molecular complexity index is 269. The summed E-state index contributed by atoms with van der Waals surface area (Å²) in [5.41, 5.74) is 4.10. The summed E-state index contributed by atoms with van der Waals surface area (Å²) in [5.74, 6) is 0. The molecule has 70 valence electrons. The molecule has 0 saturated carbocycles. The molecule has 13 heavy (non-hydrogen) atoms. The quantitative estimate of drug-likeness (QED) is 0.650. The highest BCUT2D eigenvalue weighted by Gasteiger charge is 2.14. The van der Waals surface area contributed by atoms with Crippen molar-refractivity contribution in [2.75, 3.05) is 13.1 Å². The summed E-state index contributed by atoms with van der Waals surface area (Å²) in [6.07, 6.45) is 6.95. The highest BCUT2D eigenvalue weighted by atomic mass is 14.9. The Morgan fingerprint density at radius 2 is 2.23 bits per heavy atom. The van der Waals surface area contributed by atoms with Gasteiger partial charge in [0.15, 0.2) is 0 Å². The second-order valence-electron chi connectivity index (χ2n) is 3.12. The normalized spacial score (nSPS) is 23.3. The number of rotatable bonds is 3. The minimum absolute atomic E-state index is 0.915. The summed E-state index contributed by atoms with van der Waals surface area (Å²) in [7, 11) is 0. The molecule has 0 aromatic heterocycles. The molecule has 0 spiro atoms. The van der Waals surface area contributed by atoms with Crippen LogP contribution in [0.5, 0.6) is 0 Å². The zero-order valence-electron chi connectivity index (χ0n) is 8.27. The lowest BCUT2D eigenvalue weighted by molar-refractivity contribution is 0.892. The molecule has 1 heterocycles. The third kappa shape index (κ3) is 2.19. The first-order valence-electron chi connectivity index (χ1n) is 4.65. The first-order valence-corrected chi connectivity index (χ1v) is 4.65. The van der Waals surface area contributed by atoms with E-state index in [1.54, 1.807) is 0 Å². The first kappa shape index (κ1) is 10.0. The maximum atomic E-state index is 3.83. The SMILES string of the molecule is C=CC/C(C=C)=C1\CNC\C1=C\C. The zero-order valence-corrected chi connectivity index (χ0v) is 8.27. The lowest BCUT2D eigenvalue weighted by atomic mass is 10.0. The van der Waals surface area contributed by atoms with Gasteiger partial charge in [0.2, 0.25) is 0 Å². The van der Waals surface area contributed by atoms with E-state index in [4.69, 9.17) is 0 Å². The summed E-state index contributed by atoms with van der Waals surface area (Å²) < 4.78 is 0. The van der Waals surface area contributed by atoms with E-state index in [0.717, 1.165) is 19.5 Å². The molecule has 0 radical (unpaired) electrons. The molecule has 1 rings (SSSR count). The fraction of sp³-hybridized carbons (Fsp3) is 0.333. The maximum Gasteiger partial charge on any atom is 0.0214 e. The Morgan fingerprint density at radius 3 is 2.77 bits per heavy atom. The Kier molecular flexibility index (Phi) is 3.71. The van der Waals surface area contributed by atoms with Gasteiger partial charge in [-0.2, -0.15) is 0 Å². The molecule has 0 unspecified atom stereocenters. The molecule has 1 aliphatic rings. The minimum atomic E-state index is 0.915. The second kappa shape index (κ2) is 4.83. The minimum Gasteiger partial charge on any atom is -0.309 e. The monoisotopic (exact) mass is 175 g/mol. The largest absolute Gasteiger partial charge is 0.309 e. The van der Waals surface area contributed by atoms with Crippen molar-refractivity contribution in [3.8, 4) is 0 Å². The topological polar surface area (TPSA) is 12.0 Å². The summed E-state index contributed by atoms with van der Waals surface area (Å²) in [6, 6.07) is 0. The van der Waals surface area contributed by atoms with Crippen molar-refractivity contribution >= 4 is 0 Å². The molecule has 1 nitrogen and oxygen atoms in total. The van der Waals surface area contributed by atoms with Gasteiger partial charge in [0.1, 0.15) is 0 Å². The molecule has 1 aliphatic heterocycles. The smallest absolute Gasteiger partial charge is 0.0214 e. The van der Waals surface area contributed by atoms with Crippen LogP contribution in [0.25, 0.3) is 0 Å². The predicted octanol–water partition coefficient (Wildman–Crippen LogP) is 2.59. The molecule has 1 N–H and O–H groups in total. The van der Waals surface area contributed by atoms with Gasteiger partial charge in [-0.3, -0.25) is 0 Å². The van der Waals surface area contributed by atoms with E-state index >= 15 is 0 Å². The molecule has 0 bridgehead atoms. The number of nitrogens with one attached hydrogen (secondary N) is 1. The lowest BCUT2D eigenvalue weighted by Crippen LogP contribution is -2.05. The van der Waals surface area contributed by atoms with Crippen LogP contribution in [-0.2, 0) is 0 Å². The van der Waals surface area contributed by atoms with Crippen molar-refractivity contribution in [1.29, 1.82) is 0 Å². The van der Waals surface area contributed by atoms with Gasteiger partial charge in [0.25, 0.3) is 0 Å². The van der Waals surface area contributed by atoms with E-state index in [9.17, 15) is 0 Å². The average molecular weight is 175 g/mol. The predicted molar refractivity (Wildman–Crippen MR) is 58.7 cm³/mol. The van der Waals surface area contributed by atoms with Crippen LogP contribution in [-0.4, -0.2) is 13.1 Å². The van der Waals surface area contributed by atoms with Gasteiger partial charge < -0.3 is 5.32 Å². The van der Waals surface area contributed by atoms with Crippen LogP contribution >= 0.6 is 0 Å². The van der Waals surface area contributed by atoms with Gasteiger partial charge >= 0.3 is 0 Å². The molecule has 0 aliphatic carbocycles. The maximum absolute atomic E-state index is 3.83. The van der Waals surface area contributed by atoms with Crippen molar-refractivity contribution in [3.05, 3.63) is 48.1 Å². The van der Waals surface area contributed by atoms with Crippen LogP contribution in [0.4, 0.5) is 0 Å². The van der Waals surface area contributed by atoms with E-state index in [2.05, 4.69) is 31.5 Å². The van der Waals surface area contributed by atoms with E-state index in [1.165, 1.54) is 16.7 Å². The van der Waals surface area contributed by atoms with Crippen LogP contribution in [0.15, 0.2) is 48.1 Å². The van der Waals surface area contributed by atoms with E-state index in [0.29, 0.717) is 0 Å². The van der Waals surface area contributed by atoms with E-state index < -0.39 is 0 Å². The van der Waals surface area contributed by atoms with Crippen LogP contribution in [0.3, 0.4) is 0 Å². The Hall–Kier alpha value is -1.08. The second-order valence-corrected chi connectivity index (χ2v) is 3.12. The van der Waals surface area contributed by atoms with Crippen molar-refractivity contribution in [1.82, 2.24) is 5.32 Å². The highest BCUT2D eigenvalue weighted by Crippen LogP contribution is 2.21. The number of hydrogen-bond donors (Lipinski definition) is 1. The molecule has 0 atom stereocenters. The van der Waals surface area contributed by atoms with Gasteiger partial charge in [0.05, 0.1) is 0 Å². The summed E-state index contributed by atoms with van der Waals surface area (Å²) in [4.78, 5) is 0. The van der Waals surface area contributed by atoms with Crippen molar-refractivity contribution in [3.63, 3.8) is 0 Å². The van der Waals surface area contributed by atoms with Crippen molar-refractivity contribution in [2.45, 2.75) is 13.3 Å². The number of hydrogen-bond acceptors (Lipinski definition) is 1. The average Bonchev–Trinajstić information content (AvgIpc) is 2.61. The van der Waals surface area contributed by atoms with Crippen LogP contribution < -0.4 is 5.32 Å². The first-order chi connectivity index (χ1) is 6.33. The van der Waals surface area contributed by atoms with Crippen molar-refractivity contribution in [2.24, 2.45) is 0 Å². The fourth-order valence-corrected chi connectivity index (χ4v) is 1.62. The third-order valence-corrected chi connectivity index (χ3v) is 2.35. The van der Waals surface area contributed by atoms with Gasteiger partial charge in [-0.15, -0.1) is 6.58 Å². The van der Waals surface area contributed by atoms with Crippen LogP contribution in [0.2, 0.25) is 0 Å². The lowest BCUT2D eigenvalue weighted by Gasteiger charge is -2.04. The van der Waals surface area contributed by atoms with Gasteiger partial charge in [-0.05, 0) is 30.1 Å². The Balaban J connectivity index is 2.98. The molecule has 1 fully saturated rings. The molecular formula is C12H17N. The van der Waals surface area contributed by atoms with Crippen LogP contribution in [0.1, 0.15) is 13.3 Å². The molecule has 1 heteroatoms. The molecular weight excluding hydrogens is 158 g/mol. The Morgan fingerprint density at radius 1 is 1.46 bits per heavy atom. The van der Waals surface area contributed by atoms with E-state index in [-0.39, 0.29) is 0 Å². The molecule has 1 saturated heterocycles.